The molecule has 0 aliphatic carbocycles. The summed E-state index contributed by atoms with van der Waals surface area (Å²) >= 11 is 0. The lowest BCUT2D eigenvalue weighted by molar-refractivity contribution is 1.07. The summed E-state index contributed by atoms with van der Waals surface area (Å²) in [5, 5.41) is 3.15. The van der Waals surface area contributed by atoms with E-state index in [2.05, 4.69) is 15.3 Å². The lowest BCUT2D eigenvalue weighted by atomic mass is 10.3. The van der Waals surface area contributed by atoms with Crippen molar-refractivity contribution in [3.8, 4) is 0 Å². The lowest BCUT2D eigenvalue weighted by Crippen LogP contribution is -1.99. The Morgan fingerprint density at radius 2 is 1.47 bits per heavy atom. The van der Waals surface area contributed by atoms with E-state index >= 15 is 0 Å². The Morgan fingerprint density at radius 3 is 2.00 bits per heavy atom. The molecule has 0 atom stereocenters. The Bertz CT molecular complexity index is 453. The maximum Gasteiger partial charge on any atom is 0.227 e. The summed E-state index contributed by atoms with van der Waals surface area (Å²) in [4.78, 5) is 8.56. The highest BCUT2D eigenvalue weighted by Crippen LogP contribution is 2.12. The van der Waals surface area contributed by atoms with Crippen LogP contribution in [0.25, 0.3) is 0 Å². The molecule has 2 aromatic rings. The van der Waals surface area contributed by atoms with Crippen molar-refractivity contribution >= 4 is 11.6 Å². The number of aryl methyl sites for hydroxylation is 2. The quantitative estimate of drug-likeness (QED) is 0.834. The first kappa shape index (κ1) is 17.1. The Balaban J connectivity index is 0.000000741. The van der Waals surface area contributed by atoms with Crippen molar-refractivity contribution in [1.29, 1.82) is 0 Å². The number of para-hydroxylation sites is 1. The van der Waals surface area contributed by atoms with Crippen LogP contribution in [0.1, 0.15) is 39.0 Å². The molecule has 2 rings (SSSR count). The van der Waals surface area contributed by atoms with Gasteiger partial charge in [-0.15, -0.1) is 0 Å². The van der Waals surface area contributed by atoms with E-state index in [1.807, 2.05) is 78.1 Å². The molecule has 0 saturated carbocycles. The number of anilines is 2. The Hall–Kier alpha value is -1.90. The zero-order chi connectivity index (χ0) is 14.7. The maximum absolute atomic E-state index is 4.35. The van der Waals surface area contributed by atoms with Gasteiger partial charge in [0.25, 0.3) is 0 Å². The second-order valence-corrected chi connectivity index (χ2v) is 3.45. The topological polar surface area (TPSA) is 37.8 Å². The van der Waals surface area contributed by atoms with Crippen molar-refractivity contribution in [2.45, 2.75) is 41.5 Å². The maximum atomic E-state index is 4.35. The fourth-order valence-electron chi connectivity index (χ4n) is 1.24. The lowest BCUT2D eigenvalue weighted by Gasteiger charge is -2.05. The van der Waals surface area contributed by atoms with Crippen LogP contribution < -0.4 is 5.32 Å². The minimum Gasteiger partial charge on any atom is -0.324 e. The van der Waals surface area contributed by atoms with E-state index in [1.165, 1.54) is 0 Å². The minimum absolute atomic E-state index is 0.643. The number of rotatable bonds is 2. The van der Waals surface area contributed by atoms with Gasteiger partial charge in [0.05, 0.1) is 0 Å². The Labute approximate surface area is 117 Å². The number of nitrogens with zero attached hydrogens (tertiary/aromatic N) is 2. The van der Waals surface area contributed by atoms with Gasteiger partial charge in [-0.05, 0) is 31.5 Å². The van der Waals surface area contributed by atoms with Gasteiger partial charge in [-0.2, -0.15) is 0 Å². The third kappa shape index (κ3) is 6.00. The minimum atomic E-state index is 0.643. The first-order valence-electron chi connectivity index (χ1n) is 6.88. The molecule has 3 nitrogen and oxygen atoms in total. The van der Waals surface area contributed by atoms with E-state index in [0.29, 0.717) is 5.95 Å². The van der Waals surface area contributed by atoms with Crippen molar-refractivity contribution in [1.82, 2.24) is 9.97 Å². The fraction of sp³-hybridized carbons (Fsp3) is 0.375. The first-order valence-corrected chi connectivity index (χ1v) is 6.88. The van der Waals surface area contributed by atoms with Gasteiger partial charge in [-0.1, -0.05) is 45.9 Å². The van der Waals surface area contributed by atoms with Gasteiger partial charge in [0, 0.05) is 17.6 Å². The van der Waals surface area contributed by atoms with Gasteiger partial charge in [0.1, 0.15) is 0 Å². The van der Waals surface area contributed by atoms with Gasteiger partial charge < -0.3 is 5.32 Å². The zero-order valence-corrected chi connectivity index (χ0v) is 12.9. The van der Waals surface area contributed by atoms with E-state index in [0.717, 1.165) is 16.9 Å². The second kappa shape index (κ2) is 10.1. The van der Waals surface area contributed by atoms with Gasteiger partial charge in [0.15, 0.2) is 0 Å². The molecule has 0 saturated heterocycles. The predicted octanol–water partition coefficient (Wildman–Crippen LogP) is 4.89. The largest absolute Gasteiger partial charge is 0.324 e. The highest BCUT2D eigenvalue weighted by molar-refractivity contribution is 5.52. The van der Waals surface area contributed by atoms with Crippen LogP contribution in [0.2, 0.25) is 0 Å². The van der Waals surface area contributed by atoms with E-state index in [-0.39, 0.29) is 0 Å². The molecule has 0 bridgehead atoms. The molecule has 0 radical (unpaired) electrons. The average molecular weight is 259 g/mol. The van der Waals surface area contributed by atoms with Gasteiger partial charge >= 0.3 is 0 Å². The standard InChI is InChI=1S/C12H13N3.2C2H6/c1-9-8-13-12(14-10(9)2)15-11-6-4-3-5-7-11;2*1-2/h3-8H,1-2H3,(H,13,14,15);2*1-2H3. The van der Waals surface area contributed by atoms with Crippen LogP contribution in [0.15, 0.2) is 36.5 Å². The normalized spacial score (nSPS) is 8.53. The summed E-state index contributed by atoms with van der Waals surface area (Å²) in [6.45, 7) is 12.0. The van der Waals surface area contributed by atoms with Crippen LogP contribution in [0.3, 0.4) is 0 Å². The van der Waals surface area contributed by atoms with Gasteiger partial charge in [-0.25, -0.2) is 9.97 Å². The number of nitrogens with one attached hydrogen (secondary N) is 1. The molecule has 0 amide bonds. The zero-order valence-electron chi connectivity index (χ0n) is 12.9. The molecule has 104 valence electrons. The molecule has 1 aromatic carbocycles. The van der Waals surface area contributed by atoms with E-state index < -0.39 is 0 Å². The van der Waals surface area contributed by atoms with Crippen LogP contribution in [0.5, 0.6) is 0 Å². The Morgan fingerprint density at radius 1 is 0.895 bits per heavy atom. The van der Waals surface area contributed by atoms with Crippen molar-refractivity contribution < 1.29 is 0 Å². The molecule has 0 aliphatic rings. The molecule has 1 heterocycles. The molecule has 0 spiro atoms. The summed E-state index contributed by atoms with van der Waals surface area (Å²) in [5.41, 5.74) is 3.11. The van der Waals surface area contributed by atoms with Crippen LogP contribution in [0, 0.1) is 13.8 Å². The molecule has 0 fully saturated rings. The van der Waals surface area contributed by atoms with Crippen LogP contribution in [-0.2, 0) is 0 Å². The van der Waals surface area contributed by atoms with Crippen LogP contribution >= 0.6 is 0 Å². The number of aromatic nitrogens is 2. The molecule has 19 heavy (non-hydrogen) atoms. The number of hydrogen-bond donors (Lipinski definition) is 1. The SMILES string of the molecule is CC.CC.Cc1cnc(Nc2ccccc2)nc1C. The van der Waals surface area contributed by atoms with Crippen LogP contribution in [-0.4, -0.2) is 9.97 Å². The molecule has 1 aromatic heterocycles. The first-order chi connectivity index (χ1) is 9.25. The third-order valence-corrected chi connectivity index (χ3v) is 2.25. The van der Waals surface area contributed by atoms with Gasteiger partial charge in [0.2, 0.25) is 5.95 Å². The monoisotopic (exact) mass is 259 g/mol. The smallest absolute Gasteiger partial charge is 0.227 e. The van der Waals surface area contributed by atoms with Crippen molar-refractivity contribution in [2.75, 3.05) is 5.32 Å². The number of hydrogen-bond acceptors (Lipinski definition) is 3. The summed E-state index contributed by atoms with van der Waals surface area (Å²) in [6.07, 6.45) is 1.83. The second-order valence-electron chi connectivity index (χ2n) is 3.45. The molecule has 0 aliphatic heterocycles. The Kier molecular flexibility index (Phi) is 9.06. The van der Waals surface area contributed by atoms with Gasteiger partial charge in [-0.3, -0.25) is 0 Å². The van der Waals surface area contributed by atoms with Crippen molar-refractivity contribution in [2.24, 2.45) is 0 Å². The molecule has 0 unspecified atom stereocenters. The van der Waals surface area contributed by atoms with E-state index in [9.17, 15) is 0 Å². The van der Waals surface area contributed by atoms with Crippen molar-refractivity contribution in [3.05, 3.63) is 47.8 Å². The molecular weight excluding hydrogens is 234 g/mol. The summed E-state index contributed by atoms with van der Waals surface area (Å²) < 4.78 is 0. The van der Waals surface area contributed by atoms with E-state index in [1.54, 1.807) is 0 Å². The molecule has 3 heteroatoms. The summed E-state index contributed by atoms with van der Waals surface area (Å²) in [7, 11) is 0. The van der Waals surface area contributed by atoms with Crippen LogP contribution in [0.4, 0.5) is 11.6 Å². The van der Waals surface area contributed by atoms with E-state index in [4.69, 9.17) is 0 Å². The molecule has 1 N–H and O–H groups in total. The highest BCUT2D eigenvalue weighted by Gasteiger charge is 1.99. The fourth-order valence-corrected chi connectivity index (χ4v) is 1.24. The number of benzene rings is 1. The van der Waals surface area contributed by atoms with Crippen molar-refractivity contribution in [3.63, 3.8) is 0 Å². The third-order valence-electron chi connectivity index (χ3n) is 2.25. The predicted molar refractivity (Wildman–Crippen MR) is 83.9 cm³/mol. The highest BCUT2D eigenvalue weighted by atomic mass is 15.1. The summed E-state index contributed by atoms with van der Waals surface area (Å²) in [6, 6.07) is 9.90. The summed E-state index contributed by atoms with van der Waals surface area (Å²) in [5.74, 6) is 0.643. The average Bonchev–Trinajstić information content (AvgIpc) is 2.48. The molecular formula is C16H25N3.